The van der Waals surface area contributed by atoms with Gasteiger partial charge in [-0.05, 0) is 23.8 Å². The third-order valence-corrected chi connectivity index (χ3v) is 3.30. The number of benzene rings is 2. The molecule has 3 aromatic rings. The number of carbonyl (C=O) groups is 1. The number of aromatic amines is 1. The minimum Gasteiger partial charge on any atom is -0.462 e. The third-order valence-electron chi connectivity index (χ3n) is 3.30. The van der Waals surface area contributed by atoms with E-state index in [9.17, 15) is 13.6 Å². The summed E-state index contributed by atoms with van der Waals surface area (Å²) >= 11 is 0. The highest BCUT2D eigenvalue weighted by molar-refractivity contribution is 6.02. The first-order chi connectivity index (χ1) is 10.6. The first-order valence-electron chi connectivity index (χ1n) is 6.68. The van der Waals surface area contributed by atoms with Gasteiger partial charge < -0.3 is 4.74 Å². The topological polar surface area (TPSA) is 55.0 Å². The van der Waals surface area contributed by atoms with Crippen LogP contribution in [0.3, 0.4) is 0 Å². The normalized spacial score (nSPS) is 10.8. The molecule has 0 saturated carbocycles. The number of carbonyl (C=O) groups excluding carboxylic acids is 1. The molecule has 1 N–H and O–H groups in total. The van der Waals surface area contributed by atoms with Crippen molar-refractivity contribution in [2.75, 3.05) is 6.61 Å². The van der Waals surface area contributed by atoms with E-state index in [1.54, 1.807) is 18.3 Å². The summed E-state index contributed by atoms with van der Waals surface area (Å²) in [6.07, 6.45) is 1.93. The lowest BCUT2D eigenvalue weighted by atomic mass is 10.1. The summed E-state index contributed by atoms with van der Waals surface area (Å²) in [5, 5.41) is 7.44. The molecule has 1 heterocycles. The van der Waals surface area contributed by atoms with Crippen molar-refractivity contribution in [3.05, 3.63) is 65.4 Å². The van der Waals surface area contributed by atoms with E-state index in [0.717, 1.165) is 17.5 Å². The molecule has 2 aromatic carbocycles. The predicted octanol–water partition coefficient (Wildman–Crippen LogP) is 3.24. The Hall–Kier alpha value is -2.76. The van der Waals surface area contributed by atoms with Crippen LogP contribution in [-0.2, 0) is 11.2 Å². The average molecular weight is 302 g/mol. The van der Waals surface area contributed by atoms with Gasteiger partial charge in [-0.1, -0.05) is 18.2 Å². The van der Waals surface area contributed by atoms with Crippen LogP contribution in [-0.4, -0.2) is 22.8 Å². The Labute approximate surface area is 124 Å². The fourth-order valence-electron chi connectivity index (χ4n) is 2.17. The van der Waals surface area contributed by atoms with Gasteiger partial charge in [-0.25, -0.2) is 13.6 Å². The van der Waals surface area contributed by atoms with E-state index < -0.39 is 17.6 Å². The largest absolute Gasteiger partial charge is 0.462 e. The van der Waals surface area contributed by atoms with E-state index in [-0.39, 0.29) is 6.61 Å². The van der Waals surface area contributed by atoms with Crippen molar-refractivity contribution in [1.29, 1.82) is 0 Å². The van der Waals surface area contributed by atoms with Gasteiger partial charge in [0, 0.05) is 11.8 Å². The van der Waals surface area contributed by atoms with Crippen LogP contribution in [0.25, 0.3) is 10.9 Å². The van der Waals surface area contributed by atoms with Gasteiger partial charge in [0.1, 0.15) is 0 Å². The Bertz CT molecular complexity index is 830. The Morgan fingerprint density at radius 1 is 1.18 bits per heavy atom. The third kappa shape index (κ3) is 2.81. The van der Waals surface area contributed by atoms with E-state index in [1.807, 2.05) is 6.07 Å². The number of nitrogens with one attached hydrogen (secondary N) is 1. The van der Waals surface area contributed by atoms with Crippen molar-refractivity contribution >= 4 is 16.9 Å². The van der Waals surface area contributed by atoms with E-state index >= 15 is 0 Å². The Morgan fingerprint density at radius 3 is 2.86 bits per heavy atom. The number of hydrogen-bond acceptors (Lipinski definition) is 3. The lowest BCUT2D eigenvalue weighted by molar-refractivity contribution is 0.0511. The summed E-state index contributed by atoms with van der Waals surface area (Å²) in [5.41, 5.74) is 1.56. The van der Waals surface area contributed by atoms with Gasteiger partial charge in [0.2, 0.25) is 0 Å². The number of aromatic nitrogens is 2. The van der Waals surface area contributed by atoms with E-state index in [4.69, 9.17) is 4.74 Å². The van der Waals surface area contributed by atoms with Gasteiger partial charge in [0.15, 0.2) is 11.6 Å². The molecular weight excluding hydrogens is 290 g/mol. The molecule has 112 valence electrons. The Balaban J connectivity index is 1.65. The summed E-state index contributed by atoms with van der Waals surface area (Å²) in [6.45, 7) is 0.0778. The maximum atomic E-state index is 13.1. The summed E-state index contributed by atoms with van der Waals surface area (Å²) in [5.74, 6) is -2.30. The van der Waals surface area contributed by atoms with Crippen LogP contribution in [0.15, 0.2) is 42.6 Å². The molecule has 0 spiro atoms. The van der Waals surface area contributed by atoms with Crippen LogP contribution in [0.5, 0.6) is 0 Å². The smallest absolute Gasteiger partial charge is 0.340 e. The van der Waals surface area contributed by atoms with Crippen molar-refractivity contribution < 1.29 is 18.3 Å². The SMILES string of the molecule is O=C(OCCc1ccc(F)c(F)c1)c1cccc2cn[nH]c12. The fourth-order valence-corrected chi connectivity index (χ4v) is 2.17. The molecule has 0 atom stereocenters. The molecule has 0 saturated heterocycles. The maximum absolute atomic E-state index is 13.1. The number of H-pyrrole nitrogens is 1. The molecule has 4 nitrogen and oxygen atoms in total. The number of rotatable bonds is 4. The average Bonchev–Trinajstić information content (AvgIpc) is 2.99. The van der Waals surface area contributed by atoms with Crippen LogP contribution in [0.4, 0.5) is 8.78 Å². The second-order valence-corrected chi connectivity index (χ2v) is 4.77. The molecule has 6 heteroatoms. The number of para-hydroxylation sites is 1. The number of ether oxygens (including phenoxy) is 1. The molecule has 0 bridgehead atoms. The van der Waals surface area contributed by atoms with Crippen molar-refractivity contribution in [2.45, 2.75) is 6.42 Å². The van der Waals surface area contributed by atoms with E-state index in [1.165, 1.54) is 6.07 Å². The van der Waals surface area contributed by atoms with Crippen LogP contribution < -0.4 is 0 Å². The van der Waals surface area contributed by atoms with E-state index in [2.05, 4.69) is 10.2 Å². The van der Waals surface area contributed by atoms with Crippen molar-refractivity contribution in [3.63, 3.8) is 0 Å². The molecule has 0 aliphatic rings. The Morgan fingerprint density at radius 2 is 2.05 bits per heavy atom. The molecule has 22 heavy (non-hydrogen) atoms. The summed E-state index contributed by atoms with van der Waals surface area (Å²) < 4.78 is 31.1. The highest BCUT2D eigenvalue weighted by Crippen LogP contribution is 2.16. The summed E-state index contributed by atoms with van der Waals surface area (Å²) in [7, 11) is 0. The lowest BCUT2D eigenvalue weighted by Gasteiger charge is -2.06. The standard InChI is InChI=1S/C16H12F2N2O2/c17-13-5-4-10(8-14(13)18)6-7-22-16(21)12-3-1-2-11-9-19-20-15(11)12/h1-5,8-9H,6-7H2,(H,19,20). The zero-order valence-electron chi connectivity index (χ0n) is 11.5. The first-order valence-corrected chi connectivity index (χ1v) is 6.68. The molecule has 0 radical (unpaired) electrons. The molecule has 3 rings (SSSR count). The van der Waals surface area contributed by atoms with E-state index in [0.29, 0.717) is 23.1 Å². The maximum Gasteiger partial charge on any atom is 0.340 e. The zero-order chi connectivity index (χ0) is 15.5. The minimum absolute atomic E-state index is 0.0778. The van der Waals surface area contributed by atoms with Gasteiger partial charge in [0.25, 0.3) is 0 Å². The number of nitrogens with zero attached hydrogens (tertiary/aromatic N) is 1. The fraction of sp³-hybridized carbons (Fsp3) is 0.125. The lowest BCUT2D eigenvalue weighted by Crippen LogP contribution is -2.09. The van der Waals surface area contributed by atoms with Crippen LogP contribution in [0, 0.1) is 11.6 Å². The highest BCUT2D eigenvalue weighted by Gasteiger charge is 2.12. The van der Waals surface area contributed by atoms with Crippen LogP contribution >= 0.6 is 0 Å². The number of fused-ring (bicyclic) bond motifs is 1. The van der Waals surface area contributed by atoms with Gasteiger partial charge in [-0.15, -0.1) is 0 Å². The molecule has 0 fully saturated rings. The van der Waals surface area contributed by atoms with Crippen molar-refractivity contribution in [3.8, 4) is 0 Å². The van der Waals surface area contributed by atoms with Crippen molar-refractivity contribution in [2.24, 2.45) is 0 Å². The predicted molar refractivity (Wildman–Crippen MR) is 76.4 cm³/mol. The van der Waals surface area contributed by atoms with Gasteiger partial charge in [0.05, 0.1) is 23.9 Å². The Kier molecular flexibility index (Phi) is 3.82. The summed E-state index contributed by atoms with van der Waals surface area (Å²) in [6, 6.07) is 8.82. The first kappa shape index (κ1) is 14.2. The molecular formula is C16H12F2N2O2. The number of halogens is 2. The second kappa shape index (κ2) is 5.93. The zero-order valence-corrected chi connectivity index (χ0v) is 11.5. The molecule has 1 aromatic heterocycles. The molecule has 0 aliphatic carbocycles. The van der Waals surface area contributed by atoms with Crippen LogP contribution in [0.2, 0.25) is 0 Å². The minimum atomic E-state index is -0.911. The number of esters is 1. The van der Waals surface area contributed by atoms with Crippen LogP contribution in [0.1, 0.15) is 15.9 Å². The molecule has 0 unspecified atom stereocenters. The van der Waals surface area contributed by atoms with Gasteiger partial charge in [-0.3, -0.25) is 5.10 Å². The summed E-state index contributed by atoms with van der Waals surface area (Å²) in [4.78, 5) is 12.1. The van der Waals surface area contributed by atoms with Gasteiger partial charge >= 0.3 is 5.97 Å². The highest BCUT2D eigenvalue weighted by atomic mass is 19.2. The molecule has 0 aliphatic heterocycles. The second-order valence-electron chi connectivity index (χ2n) is 4.77. The van der Waals surface area contributed by atoms with Gasteiger partial charge in [-0.2, -0.15) is 5.10 Å². The monoisotopic (exact) mass is 302 g/mol. The quantitative estimate of drug-likeness (QED) is 0.753. The molecule has 0 amide bonds. The van der Waals surface area contributed by atoms with Crippen molar-refractivity contribution in [1.82, 2.24) is 10.2 Å². The number of hydrogen-bond donors (Lipinski definition) is 1.